The molecule has 3 N–H and O–H groups in total. The van der Waals surface area contributed by atoms with Crippen LogP contribution in [0.1, 0.15) is 38.2 Å². The molecule has 21 heavy (non-hydrogen) atoms. The van der Waals surface area contributed by atoms with Crippen LogP contribution in [-0.2, 0) is 16.6 Å². The van der Waals surface area contributed by atoms with E-state index in [1.807, 2.05) is 0 Å². The summed E-state index contributed by atoms with van der Waals surface area (Å²) in [5, 5.41) is 0. The molecule has 0 aliphatic heterocycles. The monoisotopic (exact) mass is 378 g/mol. The van der Waals surface area contributed by atoms with E-state index in [4.69, 9.17) is 5.73 Å². The predicted octanol–water partition coefficient (Wildman–Crippen LogP) is 2.91. The van der Waals surface area contributed by atoms with Crippen LogP contribution in [0.15, 0.2) is 21.5 Å². The van der Waals surface area contributed by atoms with Crippen LogP contribution in [0.4, 0.5) is 4.39 Å². The molecule has 0 spiro atoms. The molecule has 118 valence electrons. The zero-order valence-corrected chi connectivity index (χ0v) is 14.4. The summed E-state index contributed by atoms with van der Waals surface area (Å²) >= 11 is 3.20. The van der Waals surface area contributed by atoms with Gasteiger partial charge in [0, 0.05) is 23.1 Å². The lowest BCUT2D eigenvalue weighted by Crippen LogP contribution is -2.41. The first-order valence-corrected chi connectivity index (χ1v) is 9.29. The van der Waals surface area contributed by atoms with Crippen molar-refractivity contribution in [2.24, 2.45) is 11.1 Å². The number of sulfonamides is 1. The maximum atomic E-state index is 14.2. The minimum atomic E-state index is -3.88. The van der Waals surface area contributed by atoms with E-state index in [-0.39, 0.29) is 22.4 Å². The molecular weight excluding hydrogens is 359 g/mol. The minimum Gasteiger partial charge on any atom is -0.326 e. The van der Waals surface area contributed by atoms with Gasteiger partial charge in [-0.3, -0.25) is 0 Å². The van der Waals surface area contributed by atoms with Crippen molar-refractivity contribution < 1.29 is 12.8 Å². The van der Waals surface area contributed by atoms with Gasteiger partial charge in [0.1, 0.15) is 10.7 Å². The van der Waals surface area contributed by atoms with Gasteiger partial charge in [-0.25, -0.2) is 17.5 Å². The second-order valence-corrected chi connectivity index (χ2v) is 8.26. The van der Waals surface area contributed by atoms with Crippen molar-refractivity contribution in [2.45, 2.75) is 44.0 Å². The van der Waals surface area contributed by atoms with E-state index in [2.05, 4.69) is 27.6 Å². The number of rotatable bonds is 6. The van der Waals surface area contributed by atoms with E-state index in [1.54, 1.807) is 0 Å². The SMILES string of the molecule is CCC1(CNS(=O)(=O)c2cc(Br)cc(CN)c2F)CCC1. The van der Waals surface area contributed by atoms with Gasteiger partial charge in [0.15, 0.2) is 0 Å². The average Bonchev–Trinajstić information content (AvgIpc) is 2.40. The van der Waals surface area contributed by atoms with Crippen LogP contribution in [0.3, 0.4) is 0 Å². The van der Waals surface area contributed by atoms with Gasteiger partial charge in [-0.2, -0.15) is 0 Å². The van der Waals surface area contributed by atoms with Gasteiger partial charge in [-0.15, -0.1) is 0 Å². The first-order valence-electron chi connectivity index (χ1n) is 7.01. The molecule has 2 rings (SSSR count). The summed E-state index contributed by atoms with van der Waals surface area (Å²) in [5.41, 5.74) is 5.66. The lowest BCUT2D eigenvalue weighted by Gasteiger charge is -2.41. The summed E-state index contributed by atoms with van der Waals surface area (Å²) in [7, 11) is -3.88. The lowest BCUT2D eigenvalue weighted by molar-refractivity contribution is 0.133. The van der Waals surface area contributed by atoms with Crippen molar-refractivity contribution in [3.8, 4) is 0 Å². The van der Waals surface area contributed by atoms with Crippen LogP contribution in [0.5, 0.6) is 0 Å². The molecule has 0 heterocycles. The predicted molar refractivity (Wildman–Crippen MR) is 83.8 cm³/mol. The van der Waals surface area contributed by atoms with Crippen LogP contribution < -0.4 is 10.5 Å². The van der Waals surface area contributed by atoms with Crippen LogP contribution >= 0.6 is 15.9 Å². The normalized spacial score (nSPS) is 17.5. The first kappa shape index (κ1) is 16.9. The quantitative estimate of drug-likeness (QED) is 0.799. The second-order valence-electron chi connectivity index (χ2n) is 5.61. The van der Waals surface area contributed by atoms with Crippen LogP contribution in [0.2, 0.25) is 0 Å². The summed E-state index contributed by atoms with van der Waals surface area (Å²) in [6.45, 7) is 2.36. The van der Waals surface area contributed by atoms with Gasteiger partial charge in [0.05, 0.1) is 0 Å². The molecule has 1 aliphatic carbocycles. The highest BCUT2D eigenvalue weighted by molar-refractivity contribution is 9.10. The zero-order chi connectivity index (χ0) is 15.7. The number of hydrogen-bond donors (Lipinski definition) is 2. The summed E-state index contributed by atoms with van der Waals surface area (Å²) in [6, 6.07) is 2.77. The molecule has 0 saturated heterocycles. The van der Waals surface area contributed by atoms with E-state index in [1.165, 1.54) is 12.1 Å². The van der Waals surface area contributed by atoms with Crippen molar-refractivity contribution in [3.05, 3.63) is 28.0 Å². The Hall–Kier alpha value is -0.500. The molecule has 4 nitrogen and oxygen atoms in total. The van der Waals surface area contributed by atoms with Crippen molar-refractivity contribution in [3.63, 3.8) is 0 Å². The summed E-state index contributed by atoms with van der Waals surface area (Å²) in [4.78, 5) is -0.345. The molecule has 0 radical (unpaired) electrons. The van der Waals surface area contributed by atoms with Crippen molar-refractivity contribution in [1.29, 1.82) is 0 Å². The Morgan fingerprint density at radius 1 is 1.43 bits per heavy atom. The Bertz CT molecular complexity index is 625. The fourth-order valence-electron chi connectivity index (χ4n) is 2.62. The third-order valence-corrected chi connectivity index (χ3v) is 6.25. The van der Waals surface area contributed by atoms with Gasteiger partial charge in [-0.05, 0) is 36.8 Å². The van der Waals surface area contributed by atoms with Gasteiger partial charge in [0.25, 0.3) is 0 Å². The summed E-state index contributed by atoms with van der Waals surface area (Å²) < 4.78 is 42.0. The molecule has 1 aromatic rings. The van der Waals surface area contributed by atoms with Crippen molar-refractivity contribution in [2.75, 3.05) is 6.54 Å². The summed E-state index contributed by atoms with van der Waals surface area (Å²) in [6.07, 6.45) is 4.07. The van der Waals surface area contributed by atoms with Gasteiger partial charge < -0.3 is 5.73 Å². The molecule has 0 aromatic heterocycles. The fraction of sp³-hybridized carbons (Fsp3) is 0.571. The van der Waals surface area contributed by atoms with E-state index in [0.29, 0.717) is 11.0 Å². The van der Waals surface area contributed by atoms with Gasteiger partial charge >= 0.3 is 0 Å². The standard InChI is InChI=1S/C14H20BrFN2O2S/c1-2-14(4-3-5-14)9-18-21(19,20)12-7-11(15)6-10(8-17)13(12)16/h6-7,18H,2-5,8-9,17H2,1H3. The minimum absolute atomic E-state index is 0.0340. The molecule has 1 fully saturated rings. The van der Waals surface area contributed by atoms with Gasteiger partial charge in [0.2, 0.25) is 10.0 Å². The number of hydrogen-bond acceptors (Lipinski definition) is 3. The molecule has 7 heteroatoms. The molecule has 1 aromatic carbocycles. The number of nitrogens with one attached hydrogen (secondary N) is 1. The fourth-order valence-corrected chi connectivity index (χ4v) is 4.58. The Morgan fingerprint density at radius 3 is 2.57 bits per heavy atom. The third kappa shape index (κ3) is 3.47. The Labute approximate surface area is 133 Å². The highest BCUT2D eigenvalue weighted by Gasteiger charge is 2.36. The Kier molecular flexibility index (Phi) is 5.07. The molecule has 1 aliphatic rings. The second kappa shape index (κ2) is 6.32. The van der Waals surface area contributed by atoms with Crippen LogP contribution in [0, 0.1) is 11.2 Å². The molecule has 1 saturated carbocycles. The molecule has 0 bridgehead atoms. The van der Waals surface area contributed by atoms with Crippen LogP contribution in [0.25, 0.3) is 0 Å². The Morgan fingerprint density at radius 2 is 2.10 bits per heavy atom. The first-order chi connectivity index (χ1) is 9.83. The third-order valence-electron chi connectivity index (χ3n) is 4.39. The van der Waals surface area contributed by atoms with E-state index >= 15 is 0 Å². The van der Waals surface area contributed by atoms with Crippen molar-refractivity contribution in [1.82, 2.24) is 4.72 Å². The average molecular weight is 379 g/mol. The highest BCUT2D eigenvalue weighted by Crippen LogP contribution is 2.43. The largest absolute Gasteiger partial charge is 0.326 e. The number of benzene rings is 1. The summed E-state index contributed by atoms with van der Waals surface area (Å²) in [5.74, 6) is -0.771. The van der Waals surface area contributed by atoms with Gasteiger partial charge in [-0.1, -0.05) is 29.3 Å². The maximum absolute atomic E-state index is 14.2. The van der Waals surface area contributed by atoms with E-state index < -0.39 is 15.8 Å². The molecular formula is C14H20BrFN2O2S. The number of halogens is 2. The van der Waals surface area contributed by atoms with E-state index in [9.17, 15) is 12.8 Å². The van der Waals surface area contributed by atoms with Crippen molar-refractivity contribution >= 4 is 26.0 Å². The zero-order valence-electron chi connectivity index (χ0n) is 12.0. The molecule has 0 amide bonds. The maximum Gasteiger partial charge on any atom is 0.243 e. The lowest BCUT2D eigenvalue weighted by atomic mass is 9.67. The van der Waals surface area contributed by atoms with E-state index in [0.717, 1.165) is 25.7 Å². The number of nitrogens with two attached hydrogens (primary N) is 1. The smallest absolute Gasteiger partial charge is 0.243 e. The topological polar surface area (TPSA) is 72.2 Å². The molecule has 0 unspecified atom stereocenters. The highest BCUT2D eigenvalue weighted by atomic mass is 79.9. The Balaban J connectivity index is 2.25. The van der Waals surface area contributed by atoms with Crippen LogP contribution in [-0.4, -0.2) is 15.0 Å². The molecule has 0 atom stereocenters.